The highest BCUT2D eigenvalue weighted by atomic mass is 19.4. The fourth-order valence-corrected chi connectivity index (χ4v) is 5.07. The molecule has 3 rings (SSSR count). The number of amides is 2. The third-order valence-corrected chi connectivity index (χ3v) is 7.54. The van der Waals surface area contributed by atoms with Gasteiger partial charge in [-0.2, -0.15) is 26.3 Å². The predicted octanol–water partition coefficient (Wildman–Crippen LogP) is 1.02. The Bertz CT molecular complexity index is 1370. The number of nitrogens with zero attached hydrogens (tertiary/aromatic N) is 1. The zero-order valence-corrected chi connectivity index (χ0v) is 24.8. The number of nitrogens with one attached hydrogen (secondary N) is 1. The van der Waals surface area contributed by atoms with Crippen molar-refractivity contribution in [2.45, 2.75) is 63.1 Å². The largest absolute Gasteiger partial charge is 0.491 e. The minimum atomic E-state index is -4.80. The standard InChI is InChI=1S/C29H36BF6N5O5/c31-28(32,33)19-4-1-17(2-5-19)3-7-24(40-27(44)23(39)6-8-26(43)41(11-9-37)12-10-38)25(42)15-18-13-21(29(34,35)36)20-16-46-30(45)22(20)14-18/h1-2,4-5,13-14,23-24,45H,3,6-12,15-16,37-39H2,(H,40,44)/t23-,24+/m0/s1. The molecule has 0 bridgehead atoms. The van der Waals surface area contributed by atoms with E-state index in [-0.39, 0.29) is 74.4 Å². The third kappa shape index (κ3) is 10.00. The van der Waals surface area contributed by atoms with Crippen LogP contribution in [0, 0.1) is 0 Å². The fourth-order valence-electron chi connectivity index (χ4n) is 5.07. The van der Waals surface area contributed by atoms with Crippen LogP contribution in [-0.2, 0) is 50.8 Å². The maximum Gasteiger partial charge on any atom is 0.491 e. The molecule has 0 unspecified atom stereocenters. The predicted molar refractivity (Wildman–Crippen MR) is 156 cm³/mol. The van der Waals surface area contributed by atoms with Crippen LogP contribution in [0.3, 0.4) is 0 Å². The van der Waals surface area contributed by atoms with Gasteiger partial charge in [0.15, 0.2) is 5.78 Å². The highest BCUT2D eigenvalue weighted by Gasteiger charge is 2.40. The molecule has 1 heterocycles. The summed E-state index contributed by atoms with van der Waals surface area (Å²) in [6.07, 6.45) is -10.3. The molecule has 10 nitrogen and oxygen atoms in total. The Balaban J connectivity index is 1.79. The van der Waals surface area contributed by atoms with Crippen LogP contribution in [-0.4, -0.2) is 72.9 Å². The van der Waals surface area contributed by atoms with Gasteiger partial charge in [0.1, 0.15) is 0 Å². The van der Waals surface area contributed by atoms with Crippen molar-refractivity contribution in [2.24, 2.45) is 17.2 Å². The summed E-state index contributed by atoms with van der Waals surface area (Å²) in [5.41, 5.74) is 15.0. The third-order valence-electron chi connectivity index (χ3n) is 7.54. The van der Waals surface area contributed by atoms with Gasteiger partial charge in [-0.1, -0.05) is 18.2 Å². The molecule has 1 aliphatic heterocycles. The molecule has 8 N–H and O–H groups in total. The second-order valence-corrected chi connectivity index (χ2v) is 10.9. The van der Waals surface area contributed by atoms with Crippen molar-refractivity contribution in [1.29, 1.82) is 0 Å². The summed E-state index contributed by atoms with van der Waals surface area (Å²) in [5, 5.41) is 12.5. The first-order valence-corrected chi connectivity index (χ1v) is 14.5. The van der Waals surface area contributed by atoms with Gasteiger partial charge in [-0.3, -0.25) is 14.4 Å². The number of alkyl halides is 6. The smallest absolute Gasteiger partial charge is 0.423 e. The molecule has 1 aliphatic rings. The Hall–Kier alpha value is -3.51. The number of aryl methyl sites for hydroxylation is 1. The minimum Gasteiger partial charge on any atom is -0.423 e. The average Bonchev–Trinajstić information content (AvgIpc) is 3.36. The lowest BCUT2D eigenvalue weighted by Gasteiger charge is -2.23. The van der Waals surface area contributed by atoms with Crippen LogP contribution in [0.4, 0.5) is 26.3 Å². The van der Waals surface area contributed by atoms with Crippen LogP contribution in [0.1, 0.15) is 47.1 Å². The molecule has 0 aliphatic carbocycles. The number of nitrogens with two attached hydrogens (primary N) is 3. The molecule has 252 valence electrons. The lowest BCUT2D eigenvalue weighted by atomic mass is 9.76. The number of hydrogen-bond donors (Lipinski definition) is 5. The molecule has 0 spiro atoms. The normalized spacial score (nSPS) is 14.5. The molecule has 0 saturated heterocycles. The molecule has 2 aromatic rings. The first kappa shape index (κ1) is 37.0. The van der Waals surface area contributed by atoms with Gasteiger partial charge in [0, 0.05) is 39.0 Å². The molecule has 2 atom stereocenters. The van der Waals surface area contributed by atoms with E-state index in [1.54, 1.807) is 0 Å². The van der Waals surface area contributed by atoms with Gasteiger partial charge >= 0.3 is 19.5 Å². The van der Waals surface area contributed by atoms with E-state index < -0.39 is 67.4 Å². The van der Waals surface area contributed by atoms with E-state index in [1.165, 1.54) is 23.1 Å². The van der Waals surface area contributed by atoms with E-state index in [0.717, 1.165) is 18.2 Å². The molecule has 46 heavy (non-hydrogen) atoms. The Morgan fingerprint density at radius 2 is 1.59 bits per heavy atom. The van der Waals surface area contributed by atoms with Crippen molar-refractivity contribution in [3.63, 3.8) is 0 Å². The van der Waals surface area contributed by atoms with Crippen LogP contribution >= 0.6 is 0 Å². The van der Waals surface area contributed by atoms with Gasteiger partial charge in [-0.05, 0) is 59.6 Å². The monoisotopic (exact) mass is 659 g/mol. The zero-order chi connectivity index (χ0) is 34.2. The number of halogens is 6. The number of rotatable bonds is 15. The fraction of sp³-hybridized carbons (Fsp3) is 0.483. The maximum atomic E-state index is 13.8. The van der Waals surface area contributed by atoms with Gasteiger partial charge in [0.05, 0.1) is 29.8 Å². The van der Waals surface area contributed by atoms with Crippen LogP contribution in [0.15, 0.2) is 36.4 Å². The van der Waals surface area contributed by atoms with Gasteiger partial charge in [0.25, 0.3) is 0 Å². The summed E-state index contributed by atoms with van der Waals surface area (Å²) in [6.45, 7) is 0.422. The molecule has 2 amide bonds. The van der Waals surface area contributed by atoms with Crippen molar-refractivity contribution in [2.75, 3.05) is 26.2 Å². The van der Waals surface area contributed by atoms with E-state index in [0.29, 0.717) is 5.56 Å². The lowest BCUT2D eigenvalue weighted by Crippen LogP contribution is -2.49. The van der Waals surface area contributed by atoms with Crippen LogP contribution in [0.5, 0.6) is 0 Å². The van der Waals surface area contributed by atoms with Crippen molar-refractivity contribution < 1.29 is 50.4 Å². The molecule has 0 aromatic heterocycles. The van der Waals surface area contributed by atoms with Gasteiger partial charge in [-0.25, -0.2) is 0 Å². The summed E-state index contributed by atoms with van der Waals surface area (Å²) in [6, 6.07) is 3.63. The van der Waals surface area contributed by atoms with E-state index in [9.17, 15) is 45.8 Å². The first-order valence-electron chi connectivity index (χ1n) is 14.5. The molecule has 0 fully saturated rings. The van der Waals surface area contributed by atoms with Crippen molar-refractivity contribution in [3.05, 3.63) is 64.2 Å². The Kier molecular flexibility index (Phi) is 12.7. The van der Waals surface area contributed by atoms with Crippen molar-refractivity contribution >= 4 is 30.2 Å². The number of carbonyl (C=O) groups is 3. The SMILES string of the molecule is NCCN(CCN)C(=O)CC[C@H](N)C(=O)N[C@H](CCc1ccc(C(F)(F)F)cc1)C(=O)Cc1cc2c(c(C(F)(F)F)c1)COB2O. The number of Topliss-reactive ketones (excluding diaryl/α,β-unsaturated/α-hetero) is 1. The summed E-state index contributed by atoms with van der Waals surface area (Å²) in [4.78, 5) is 40.4. The Labute approximate surface area is 261 Å². The van der Waals surface area contributed by atoms with E-state index in [4.69, 9.17) is 21.9 Å². The van der Waals surface area contributed by atoms with E-state index in [2.05, 4.69) is 5.32 Å². The summed E-state index contributed by atoms with van der Waals surface area (Å²) >= 11 is 0. The number of hydrogen-bond acceptors (Lipinski definition) is 8. The van der Waals surface area contributed by atoms with E-state index in [1.807, 2.05) is 0 Å². The molecular weight excluding hydrogens is 623 g/mol. The quantitative estimate of drug-likeness (QED) is 0.139. The molecule has 2 aromatic carbocycles. The molecular formula is C29H36BF6N5O5. The molecule has 0 saturated carbocycles. The Morgan fingerprint density at radius 3 is 2.15 bits per heavy atom. The average molecular weight is 659 g/mol. The summed E-state index contributed by atoms with van der Waals surface area (Å²) < 4.78 is 85.2. The zero-order valence-electron chi connectivity index (χ0n) is 24.8. The van der Waals surface area contributed by atoms with Crippen LogP contribution in [0.2, 0.25) is 0 Å². The van der Waals surface area contributed by atoms with Gasteiger partial charge in [0.2, 0.25) is 11.8 Å². The van der Waals surface area contributed by atoms with Gasteiger partial charge in [-0.15, -0.1) is 0 Å². The molecule has 0 radical (unpaired) electrons. The Morgan fingerprint density at radius 1 is 0.957 bits per heavy atom. The topological polar surface area (TPSA) is 174 Å². The van der Waals surface area contributed by atoms with Crippen LogP contribution in [0.25, 0.3) is 0 Å². The second-order valence-electron chi connectivity index (χ2n) is 10.9. The van der Waals surface area contributed by atoms with Crippen molar-refractivity contribution in [3.8, 4) is 0 Å². The second kappa shape index (κ2) is 15.9. The highest BCUT2D eigenvalue weighted by Crippen LogP contribution is 2.34. The van der Waals surface area contributed by atoms with Crippen molar-refractivity contribution in [1.82, 2.24) is 10.2 Å². The number of carbonyl (C=O) groups excluding carboxylic acids is 3. The summed E-state index contributed by atoms with van der Waals surface area (Å²) in [5.74, 6) is -1.85. The maximum absolute atomic E-state index is 13.8. The number of ketones is 1. The summed E-state index contributed by atoms with van der Waals surface area (Å²) in [7, 11) is -1.62. The van der Waals surface area contributed by atoms with Gasteiger partial charge < -0.3 is 37.1 Å². The first-order chi connectivity index (χ1) is 21.5. The van der Waals surface area contributed by atoms with Crippen LogP contribution < -0.4 is 28.0 Å². The number of benzene rings is 2. The lowest BCUT2D eigenvalue weighted by molar-refractivity contribution is -0.139. The minimum absolute atomic E-state index is 0.0280. The number of fused-ring (bicyclic) bond motifs is 1. The molecule has 17 heteroatoms. The van der Waals surface area contributed by atoms with E-state index >= 15 is 0 Å². The highest BCUT2D eigenvalue weighted by molar-refractivity contribution is 6.61.